The number of piperidine rings is 1. The second-order valence-electron chi connectivity index (χ2n) is 9.08. The number of rotatable bonds is 8. The summed E-state index contributed by atoms with van der Waals surface area (Å²) in [7, 11) is 0. The van der Waals surface area contributed by atoms with Crippen molar-refractivity contribution in [1.82, 2.24) is 14.3 Å². The normalized spacial score (nSPS) is 14.1. The number of likely N-dealkylation sites (tertiary alicyclic amines) is 1. The van der Waals surface area contributed by atoms with E-state index in [1.54, 1.807) is 0 Å². The van der Waals surface area contributed by atoms with E-state index in [2.05, 4.69) is 51.8 Å². The van der Waals surface area contributed by atoms with Crippen molar-refractivity contribution in [2.45, 2.75) is 32.1 Å². The second kappa shape index (κ2) is 11.3. The fourth-order valence-corrected chi connectivity index (χ4v) is 5.09. The van der Waals surface area contributed by atoms with E-state index in [1.807, 2.05) is 47.4 Å². The van der Waals surface area contributed by atoms with Crippen LogP contribution in [-0.4, -0.2) is 33.3 Å². The van der Waals surface area contributed by atoms with Gasteiger partial charge in [-0.3, -0.25) is 4.79 Å². The molecule has 6 heteroatoms. The number of aromatic nitrogens is 2. The Morgan fingerprint density at radius 2 is 1.51 bits per heavy atom. The zero-order valence-electron chi connectivity index (χ0n) is 19.7. The van der Waals surface area contributed by atoms with Gasteiger partial charge in [0.05, 0.1) is 6.42 Å². The smallest absolute Gasteiger partial charge is 0.298 e. The minimum Gasteiger partial charge on any atom is -0.430 e. The molecule has 0 bridgehead atoms. The van der Waals surface area contributed by atoms with Gasteiger partial charge in [-0.25, -0.2) is 0 Å². The van der Waals surface area contributed by atoms with Crippen LogP contribution in [0.4, 0.5) is 0 Å². The van der Waals surface area contributed by atoms with E-state index in [-0.39, 0.29) is 5.91 Å². The Balaban J connectivity index is 1.09. The van der Waals surface area contributed by atoms with E-state index in [4.69, 9.17) is 4.74 Å². The van der Waals surface area contributed by atoms with E-state index >= 15 is 0 Å². The molecule has 5 nitrogen and oxygen atoms in total. The summed E-state index contributed by atoms with van der Waals surface area (Å²) in [6.07, 6.45) is 4.35. The fourth-order valence-electron chi connectivity index (χ4n) is 4.53. The summed E-state index contributed by atoms with van der Waals surface area (Å²) in [4.78, 5) is 19.3. The van der Waals surface area contributed by atoms with Gasteiger partial charge in [-0.15, -0.1) is 0 Å². The van der Waals surface area contributed by atoms with Crippen LogP contribution >= 0.6 is 11.5 Å². The average molecular weight is 484 g/mol. The van der Waals surface area contributed by atoms with E-state index in [9.17, 15) is 4.79 Å². The van der Waals surface area contributed by atoms with Gasteiger partial charge in [0.25, 0.3) is 5.19 Å². The first-order valence-electron chi connectivity index (χ1n) is 12.2. The minimum absolute atomic E-state index is 0.200. The summed E-state index contributed by atoms with van der Waals surface area (Å²) in [5, 5.41) is 0.526. The average Bonchev–Trinajstić information content (AvgIpc) is 3.33. The third-order valence-electron chi connectivity index (χ3n) is 6.47. The summed E-state index contributed by atoms with van der Waals surface area (Å²) in [5.41, 5.74) is 3.56. The van der Waals surface area contributed by atoms with E-state index in [0.29, 0.717) is 29.7 Å². The highest BCUT2D eigenvalue weighted by Crippen LogP contribution is 2.25. The van der Waals surface area contributed by atoms with Gasteiger partial charge in [-0.1, -0.05) is 72.8 Å². The van der Waals surface area contributed by atoms with Crippen molar-refractivity contribution in [3.05, 3.63) is 107 Å². The largest absolute Gasteiger partial charge is 0.430 e. The molecule has 1 aliphatic rings. The van der Waals surface area contributed by atoms with Crippen LogP contribution < -0.4 is 4.74 Å². The van der Waals surface area contributed by atoms with Crippen LogP contribution in [-0.2, 0) is 24.1 Å². The first-order valence-corrected chi connectivity index (χ1v) is 12.9. The molecule has 178 valence electrons. The number of hydrogen-bond acceptors (Lipinski definition) is 5. The highest BCUT2D eigenvalue weighted by molar-refractivity contribution is 7.07. The lowest BCUT2D eigenvalue weighted by molar-refractivity contribution is -0.131. The molecule has 1 amide bonds. The molecule has 1 aromatic heterocycles. The van der Waals surface area contributed by atoms with Crippen LogP contribution in [0, 0.1) is 5.92 Å². The molecule has 35 heavy (non-hydrogen) atoms. The molecule has 1 aliphatic heterocycles. The lowest BCUT2D eigenvalue weighted by Gasteiger charge is -2.32. The van der Waals surface area contributed by atoms with Crippen molar-refractivity contribution in [3.63, 3.8) is 0 Å². The van der Waals surface area contributed by atoms with Crippen molar-refractivity contribution in [3.8, 4) is 10.9 Å². The molecular weight excluding hydrogens is 454 g/mol. The summed E-state index contributed by atoms with van der Waals surface area (Å²) in [6.45, 7) is 1.69. The van der Waals surface area contributed by atoms with E-state index in [0.717, 1.165) is 43.7 Å². The van der Waals surface area contributed by atoms with Crippen LogP contribution in [0.3, 0.4) is 0 Å². The van der Waals surface area contributed by atoms with E-state index in [1.165, 1.54) is 22.7 Å². The molecular formula is C29H29N3O2S. The van der Waals surface area contributed by atoms with Crippen molar-refractivity contribution in [1.29, 1.82) is 0 Å². The lowest BCUT2D eigenvalue weighted by Crippen LogP contribution is -2.39. The fraction of sp³-hybridized carbons (Fsp3) is 0.276. The quantitative estimate of drug-likeness (QED) is 0.311. The number of ether oxygens (including phenoxy) is 1. The highest BCUT2D eigenvalue weighted by atomic mass is 32.1. The summed E-state index contributed by atoms with van der Waals surface area (Å²) in [5.74, 6) is 2.31. The highest BCUT2D eigenvalue weighted by Gasteiger charge is 2.23. The molecule has 0 N–H and O–H groups in total. The first-order chi connectivity index (χ1) is 17.2. The van der Waals surface area contributed by atoms with Crippen LogP contribution in [0.25, 0.3) is 0 Å². The summed E-state index contributed by atoms with van der Waals surface area (Å²) < 4.78 is 10.3. The van der Waals surface area contributed by atoms with Crippen molar-refractivity contribution < 1.29 is 9.53 Å². The van der Waals surface area contributed by atoms with Crippen molar-refractivity contribution in [2.75, 3.05) is 13.1 Å². The maximum Gasteiger partial charge on any atom is 0.298 e. The summed E-state index contributed by atoms with van der Waals surface area (Å²) >= 11 is 1.25. The Hall–Kier alpha value is -3.51. The molecule has 0 saturated carbocycles. The Kier molecular flexibility index (Phi) is 7.49. The van der Waals surface area contributed by atoms with Crippen LogP contribution in [0.5, 0.6) is 10.9 Å². The Labute approximate surface area is 210 Å². The van der Waals surface area contributed by atoms with Gasteiger partial charge in [0.15, 0.2) is 5.82 Å². The molecule has 5 rings (SSSR count). The number of carbonyl (C=O) groups excluding carboxylic acids is 1. The Morgan fingerprint density at radius 1 is 0.857 bits per heavy atom. The SMILES string of the molecule is O=C(Cc1ccc(Oc2nc(Cc3ccccc3)ns2)cc1)N1CCC(Cc2ccccc2)CC1. The minimum atomic E-state index is 0.200. The number of carbonyl (C=O) groups is 1. The third kappa shape index (κ3) is 6.55. The number of hydrogen-bond donors (Lipinski definition) is 0. The van der Waals surface area contributed by atoms with Crippen LogP contribution in [0.15, 0.2) is 84.9 Å². The van der Waals surface area contributed by atoms with E-state index < -0.39 is 0 Å². The van der Waals surface area contributed by atoms with Crippen LogP contribution in [0.2, 0.25) is 0 Å². The first kappa shape index (κ1) is 23.2. The Bertz CT molecular complexity index is 1220. The summed E-state index contributed by atoms with van der Waals surface area (Å²) in [6, 6.07) is 28.5. The molecule has 0 aliphatic carbocycles. The predicted octanol–water partition coefficient (Wildman–Crippen LogP) is 5.95. The molecule has 0 spiro atoms. The zero-order chi connectivity index (χ0) is 23.9. The number of nitrogens with zero attached hydrogens (tertiary/aromatic N) is 3. The molecule has 0 atom stereocenters. The maximum absolute atomic E-state index is 12.8. The van der Waals surface area contributed by atoms with Gasteiger partial charge in [0.1, 0.15) is 5.75 Å². The van der Waals surface area contributed by atoms with Gasteiger partial charge in [0.2, 0.25) is 5.91 Å². The van der Waals surface area contributed by atoms with Crippen molar-refractivity contribution >= 4 is 17.4 Å². The monoisotopic (exact) mass is 483 g/mol. The predicted molar refractivity (Wildman–Crippen MR) is 139 cm³/mol. The molecule has 3 aromatic carbocycles. The molecule has 1 saturated heterocycles. The van der Waals surface area contributed by atoms with Gasteiger partial charge in [-0.2, -0.15) is 9.36 Å². The zero-order valence-corrected chi connectivity index (χ0v) is 20.5. The second-order valence-corrected chi connectivity index (χ2v) is 9.79. The molecule has 0 radical (unpaired) electrons. The van der Waals surface area contributed by atoms with Crippen molar-refractivity contribution in [2.24, 2.45) is 5.92 Å². The van der Waals surface area contributed by atoms with Gasteiger partial charge >= 0.3 is 0 Å². The van der Waals surface area contributed by atoms with Gasteiger partial charge in [0, 0.05) is 31.0 Å². The maximum atomic E-state index is 12.8. The van der Waals surface area contributed by atoms with Gasteiger partial charge < -0.3 is 9.64 Å². The molecule has 0 unspecified atom stereocenters. The standard InChI is InChI=1S/C29H29N3O2S/c33-28(32-17-15-25(16-18-32)19-22-7-3-1-4-8-22)21-24-11-13-26(14-12-24)34-29-30-27(31-35-29)20-23-9-5-2-6-10-23/h1-14,25H,15-21H2. The topological polar surface area (TPSA) is 55.3 Å². The Morgan fingerprint density at radius 3 is 2.20 bits per heavy atom. The third-order valence-corrected chi connectivity index (χ3v) is 7.11. The van der Waals surface area contributed by atoms with Crippen LogP contribution in [0.1, 0.15) is 35.4 Å². The molecule has 4 aromatic rings. The number of benzene rings is 3. The van der Waals surface area contributed by atoms with Gasteiger partial charge in [-0.05, 0) is 54.0 Å². The molecule has 2 heterocycles. The molecule has 1 fully saturated rings. The number of amides is 1. The lowest BCUT2D eigenvalue weighted by atomic mass is 9.90.